The Morgan fingerprint density at radius 1 is 1.08 bits per heavy atom. The first-order chi connectivity index (χ1) is 12.3. The van der Waals surface area contributed by atoms with E-state index in [1.807, 2.05) is 71.2 Å². The number of anilines is 1. The van der Waals surface area contributed by atoms with Gasteiger partial charge in [-0.1, -0.05) is 46.4 Å². The molecule has 1 aliphatic carbocycles. The Morgan fingerprint density at radius 2 is 1.72 bits per heavy atom. The molecule has 1 fully saturated rings. The third kappa shape index (κ3) is 10.3. The van der Waals surface area contributed by atoms with Gasteiger partial charge in [0.2, 0.25) is 0 Å². The Bertz CT molecular complexity index is 506. The Labute approximate surface area is 153 Å². The van der Waals surface area contributed by atoms with Crippen molar-refractivity contribution in [2.45, 2.75) is 53.5 Å². The van der Waals surface area contributed by atoms with Crippen LogP contribution in [0.3, 0.4) is 0 Å². The highest BCUT2D eigenvalue weighted by Crippen LogP contribution is 2.23. The largest absolute Gasteiger partial charge is 0.486 e. The zero-order valence-electron chi connectivity index (χ0n) is 16.4. The summed E-state index contributed by atoms with van der Waals surface area (Å²) in [4.78, 5) is 4.15. The first-order valence-electron chi connectivity index (χ1n) is 9.26. The average molecular weight is 347 g/mol. The van der Waals surface area contributed by atoms with Gasteiger partial charge in [0.25, 0.3) is 0 Å². The smallest absolute Gasteiger partial charge is 0.161 e. The van der Waals surface area contributed by atoms with E-state index in [1.165, 1.54) is 12.8 Å². The third-order valence-corrected chi connectivity index (χ3v) is 2.94. The predicted octanol–water partition coefficient (Wildman–Crippen LogP) is 5.72. The number of aromatic nitrogens is 1. The fourth-order valence-corrected chi connectivity index (χ4v) is 1.77. The van der Waals surface area contributed by atoms with E-state index >= 15 is 0 Å². The Hall–Kier alpha value is -2.23. The molecule has 3 rings (SSSR count). The number of nitrogens with zero attached hydrogens (tertiary/aromatic N) is 1. The van der Waals surface area contributed by atoms with Gasteiger partial charge in [-0.25, -0.2) is 4.98 Å². The molecule has 25 heavy (non-hydrogen) atoms. The second kappa shape index (κ2) is 15.3. The molecule has 4 nitrogen and oxygen atoms in total. The first kappa shape index (κ1) is 22.8. The topological polar surface area (TPSA) is 43.4 Å². The quantitative estimate of drug-likeness (QED) is 0.757. The van der Waals surface area contributed by atoms with Gasteiger partial charge in [-0.05, 0) is 44.1 Å². The molecule has 0 atom stereocenters. The molecular formula is C21H34N2O2. The number of hydrogen-bond donors (Lipinski definition) is 1. The molecule has 4 heteroatoms. The van der Waals surface area contributed by atoms with E-state index in [2.05, 4.69) is 16.9 Å². The van der Waals surface area contributed by atoms with Crippen molar-refractivity contribution >= 4 is 5.82 Å². The molecule has 1 N–H and O–H groups in total. The Morgan fingerprint density at radius 3 is 2.20 bits per heavy atom. The maximum Gasteiger partial charge on any atom is 0.161 e. The van der Waals surface area contributed by atoms with Gasteiger partial charge in [0, 0.05) is 12.2 Å². The van der Waals surface area contributed by atoms with Crippen LogP contribution in [0.4, 0.5) is 5.82 Å². The number of ether oxygens (including phenoxy) is 2. The van der Waals surface area contributed by atoms with Crippen LogP contribution in [-0.2, 0) is 9.47 Å². The summed E-state index contributed by atoms with van der Waals surface area (Å²) in [6, 6.07) is 6.63. The van der Waals surface area contributed by atoms with Gasteiger partial charge in [-0.3, -0.25) is 0 Å². The number of hydrogen-bond acceptors (Lipinski definition) is 4. The molecule has 0 amide bonds. The van der Waals surface area contributed by atoms with Crippen LogP contribution >= 0.6 is 0 Å². The SMILES string of the molecule is C=CC1=C(/C=C\C)OCCO1.CC.CC.c1ccc(NC2CC2)nc1. The second-order valence-electron chi connectivity index (χ2n) is 4.76. The van der Waals surface area contributed by atoms with Crippen molar-refractivity contribution in [1.29, 1.82) is 0 Å². The summed E-state index contributed by atoms with van der Waals surface area (Å²) in [5.74, 6) is 2.51. The van der Waals surface area contributed by atoms with Crippen molar-refractivity contribution in [3.63, 3.8) is 0 Å². The fourth-order valence-electron chi connectivity index (χ4n) is 1.77. The van der Waals surface area contributed by atoms with Crippen molar-refractivity contribution in [2.24, 2.45) is 0 Å². The fraction of sp³-hybridized carbons (Fsp3) is 0.476. The van der Waals surface area contributed by atoms with E-state index in [4.69, 9.17) is 9.47 Å². The lowest BCUT2D eigenvalue weighted by Crippen LogP contribution is -2.11. The Balaban J connectivity index is 0.000000385. The van der Waals surface area contributed by atoms with Crippen LogP contribution in [-0.4, -0.2) is 24.2 Å². The summed E-state index contributed by atoms with van der Waals surface area (Å²) in [5.41, 5.74) is 0. The number of pyridine rings is 1. The van der Waals surface area contributed by atoms with Gasteiger partial charge in [0.15, 0.2) is 11.5 Å². The van der Waals surface area contributed by atoms with Crippen LogP contribution in [0.1, 0.15) is 47.5 Å². The van der Waals surface area contributed by atoms with Crippen LogP contribution in [0.5, 0.6) is 0 Å². The summed E-state index contributed by atoms with van der Waals surface area (Å²) in [6.45, 7) is 14.8. The van der Waals surface area contributed by atoms with Crippen molar-refractivity contribution in [3.8, 4) is 0 Å². The molecule has 1 aromatic rings. The van der Waals surface area contributed by atoms with Gasteiger partial charge in [-0.15, -0.1) is 0 Å². The molecular weight excluding hydrogens is 312 g/mol. The summed E-state index contributed by atoms with van der Waals surface area (Å²) < 4.78 is 10.6. The molecule has 0 spiro atoms. The molecule has 0 saturated heterocycles. The van der Waals surface area contributed by atoms with Gasteiger partial charge >= 0.3 is 0 Å². The minimum atomic E-state index is 0.613. The van der Waals surface area contributed by atoms with Crippen LogP contribution in [0.15, 0.2) is 60.7 Å². The monoisotopic (exact) mass is 346 g/mol. The molecule has 2 heterocycles. The normalized spacial score (nSPS) is 15.1. The summed E-state index contributed by atoms with van der Waals surface area (Å²) in [6.07, 6.45) is 9.86. The summed E-state index contributed by atoms with van der Waals surface area (Å²) >= 11 is 0. The van der Waals surface area contributed by atoms with Crippen molar-refractivity contribution in [1.82, 2.24) is 4.98 Å². The van der Waals surface area contributed by atoms with Crippen molar-refractivity contribution in [3.05, 3.63) is 60.7 Å². The highest BCUT2D eigenvalue weighted by atomic mass is 16.6. The van der Waals surface area contributed by atoms with Crippen LogP contribution in [0, 0.1) is 0 Å². The van der Waals surface area contributed by atoms with Gasteiger partial charge in [0.05, 0.1) is 0 Å². The zero-order chi connectivity index (χ0) is 18.9. The molecule has 1 aliphatic heterocycles. The zero-order valence-corrected chi connectivity index (χ0v) is 16.4. The summed E-state index contributed by atoms with van der Waals surface area (Å²) in [5, 5.41) is 3.30. The van der Waals surface area contributed by atoms with E-state index in [1.54, 1.807) is 6.08 Å². The molecule has 1 saturated carbocycles. The lowest BCUT2D eigenvalue weighted by Gasteiger charge is -2.17. The lowest BCUT2D eigenvalue weighted by molar-refractivity contribution is 0.0769. The average Bonchev–Trinajstić information content (AvgIpc) is 3.51. The number of nitrogens with one attached hydrogen (secondary N) is 1. The minimum Gasteiger partial charge on any atom is -0.486 e. The molecule has 0 aromatic carbocycles. The van der Waals surface area contributed by atoms with E-state index in [0.717, 1.165) is 17.3 Å². The maximum atomic E-state index is 5.32. The van der Waals surface area contributed by atoms with Crippen molar-refractivity contribution in [2.75, 3.05) is 18.5 Å². The minimum absolute atomic E-state index is 0.613. The molecule has 0 radical (unpaired) electrons. The van der Waals surface area contributed by atoms with E-state index in [0.29, 0.717) is 19.3 Å². The first-order valence-corrected chi connectivity index (χ1v) is 9.26. The van der Waals surface area contributed by atoms with Crippen molar-refractivity contribution < 1.29 is 9.47 Å². The van der Waals surface area contributed by atoms with Gasteiger partial charge in [-0.2, -0.15) is 0 Å². The molecule has 1 aromatic heterocycles. The standard InChI is InChI=1S/C9H12O2.C8H10N2.2C2H6/c1-3-5-9-8(4-2)10-6-7-11-9;1-2-6-9-8(3-1)10-7-4-5-7;2*1-2/h3-5H,2,6-7H2,1H3;1-3,6-7H,4-5H2,(H,9,10);2*1-2H3/b5-3-;;;. The van der Waals surface area contributed by atoms with Crippen LogP contribution < -0.4 is 5.32 Å². The highest BCUT2D eigenvalue weighted by molar-refractivity contribution is 5.35. The predicted molar refractivity (Wildman–Crippen MR) is 108 cm³/mol. The maximum absolute atomic E-state index is 5.32. The Kier molecular flexibility index (Phi) is 13.9. The van der Waals surface area contributed by atoms with E-state index in [-0.39, 0.29) is 0 Å². The summed E-state index contributed by atoms with van der Waals surface area (Å²) in [7, 11) is 0. The van der Waals surface area contributed by atoms with Gasteiger partial charge in [0.1, 0.15) is 19.0 Å². The second-order valence-corrected chi connectivity index (χ2v) is 4.76. The van der Waals surface area contributed by atoms with Gasteiger partial charge < -0.3 is 14.8 Å². The highest BCUT2D eigenvalue weighted by Gasteiger charge is 2.20. The third-order valence-electron chi connectivity index (χ3n) is 2.94. The van der Waals surface area contributed by atoms with Crippen LogP contribution in [0.25, 0.3) is 0 Å². The number of rotatable bonds is 4. The molecule has 0 unspecified atom stereocenters. The molecule has 0 bridgehead atoms. The number of allylic oxidation sites excluding steroid dienone is 3. The lowest BCUT2D eigenvalue weighted by atomic mass is 10.3. The van der Waals surface area contributed by atoms with Crippen LogP contribution in [0.2, 0.25) is 0 Å². The van der Waals surface area contributed by atoms with E-state index < -0.39 is 0 Å². The molecule has 140 valence electrons. The molecule has 2 aliphatic rings. The van der Waals surface area contributed by atoms with E-state index in [9.17, 15) is 0 Å².